The summed E-state index contributed by atoms with van der Waals surface area (Å²) in [5.74, 6) is 0.146. The molecule has 0 saturated carbocycles. The highest BCUT2D eigenvalue weighted by atomic mass is 79.9. The van der Waals surface area contributed by atoms with Crippen LogP contribution < -0.4 is 5.32 Å². The third-order valence-electron chi connectivity index (χ3n) is 2.14. The van der Waals surface area contributed by atoms with E-state index in [-0.39, 0.29) is 11.7 Å². The molecule has 1 aliphatic rings. The van der Waals surface area contributed by atoms with E-state index in [0.717, 1.165) is 17.4 Å². The van der Waals surface area contributed by atoms with Crippen LogP contribution in [0.2, 0.25) is 0 Å². The summed E-state index contributed by atoms with van der Waals surface area (Å²) in [5.41, 5.74) is 0.962. The minimum absolute atomic E-state index is 0.0591. The van der Waals surface area contributed by atoms with Gasteiger partial charge in [0.1, 0.15) is 0 Å². The lowest BCUT2D eigenvalue weighted by atomic mass is 9.97. The number of alkyl halides is 2. The summed E-state index contributed by atoms with van der Waals surface area (Å²) in [6, 6.07) is 0. The Hall–Kier alpha value is -0.350. The van der Waals surface area contributed by atoms with Crippen molar-refractivity contribution < 1.29 is 4.79 Å². The zero-order valence-electron chi connectivity index (χ0n) is 8.25. The van der Waals surface area contributed by atoms with Crippen LogP contribution in [0.5, 0.6) is 0 Å². The second-order valence-electron chi connectivity index (χ2n) is 3.14. The van der Waals surface area contributed by atoms with Gasteiger partial charge in [-0.05, 0) is 18.6 Å². The first-order valence-electron chi connectivity index (χ1n) is 4.74. The molecule has 0 aromatic carbocycles. The first-order valence-corrected chi connectivity index (χ1v) is 6.98. The first kappa shape index (κ1) is 12.7. The maximum Gasteiger partial charge on any atom is 0.152 e. The second-order valence-corrected chi connectivity index (χ2v) is 4.49. The number of carbonyl (C=O) groups is 1. The number of Topliss-reactive ketones (excluding diaryl/α,β-unsaturated/α-hetero) is 1. The van der Waals surface area contributed by atoms with Gasteiger partial charge in [0.2, 0.25) is 0 Å². The highest BCUT2D eigenvalue weighted by Gasteiger charge is 2.20. The third kappa shape index (κ3) is 3.95. The van der Waals surface area contributed by atoms with Gasteiger partial charge < -0.3 is 5.32 Å². The van der Waals surface area contributed by atoms with Crippen molar-refractivity contribution >= 4 is 37.6 Å². The molecule has 0 aliphatic carbocycles. The number of allylic oxidation sites excluding steroid dienone is 5. The van der Waals surface area contributed by atoms with Crippen LogP contribution in [0.15, 0.2) is 36.2 Å². The summed E-state index contributed by atoms with van der Waals surface area (Å²) in [7, 11) is 0. The summed E-state index contributed by atoms with van der Waals surface area (Å²) in [4.78, 5) is 11.7. The van der Waals surface area contributed by atoms with Crippen LogP contribution in [0, 0.1) is 5.92 Å². The molecule has 2 nitrogen and oxygen atoms in total. The molecule has 15 heavy (non-hydrogen) atoms. The summed E-state index contributed by atoms with van der Waals surface area (Å²) in [6.45, 7) is 0. The predicted octanol–water partition coefficient (Wildman–Crippen LogP) is 2.91. The highest BCUT2D eigenvalue weighted by molar-refractivity contribution is 9.09. The van der Waals surface area contributed by atoms with Crippen LogP contribution in [0.4, 0.5) is 0 Å². The van der Waals surface area contributed by atoms with E-state index >= 15 is 0 Å². The van der Waals surface area contributed by atoms with Gasteiger partial charge in [-0.2, -0.15) is 0 Å². The molecule has 0 fully saturated rings. The van der Waals surface area contributed by atoms with Crippen molar-refractivity contribution in [2.45, 2.75) is 6.42 Å². The minimum atomic E-state index is -0.0591. The van der Waals surface area contributed by atoms with E-state index in [1.807, 2.05) is 30.5 Å². The summed E-state index contributed by atoms with van der Waals surface area (Å²) in [6.07, 6.45) is 10.4. The molecule has 1 aliphatic heterocycles. The molecule has 1 atom stereocenters. The molecule has 0 aromatic heterocycles. The second kappa shape index (κ2) is 7.01. The number of ketones is 1. The Labute approximate surface area is 107 Å². The lowest BCUT2D eigenvalue weighted by Crippen LogP contribution is -2.24. The fourth-order valence-electron chi connectivity index (χ4n) is 1.38. The van der Waals surface area contributed by atoms with Crippen LogP contribution >= 0.6 is 31.9 Å². The van der Waals surface area contributed by atoms with E-state index in [4.69, 9.17) is 0 Å². The topological polar surface area (TPSA) is 29.1 Å². The van der Waals surface area contributed by atoms with Crippen LogP contribution in [-0.4, -0.2) is 16.4 Å². The SMILES string of the molecule is O=C(CBr)C(CCBr)C1=CC=CC=CN1. The average Bonchev–Trinajstić information content (AvgIpc) is 2.53. The van der Waals surface area contributed by atoms with E-state index in [1.54, 1.807) is 0 Å². The van der Waals surface area contributed by atoms with Crippen molar-refractivity contribution in [3.63, 3.8) is 0 Å². The number of halogens is 2. The highest BCUT2D eigenvalue weighted by Crippen LogP contribution is 2.18. The standard InChI is InChI=1S/C11H13Br2NO/c12-6-5-9(11(15)8-13)10-4-2-1-3-7-14-10/h1-4,7,9,14H,5-6,8H2. The molecule has 0 bridgehead atoms. The van der Waals surface area contributed by atoms with Crippen molar-refractivity contribution in [1.29, 1.82) is 0 Å². The maximum absolute atomic E-state index is 11.7. The minimum Gasteiger partial charge on any atom is -0.364 e. The van der Waals surface area contributed by atoms with E-state index in [0.29, 0.717) is 5.33 Å². The Kier molecular flexibility index (Phi) is 5.95. The largest absolute Gasteiger partial charge is 0.364 e. The normalized spacial score (nSPS) is 16.5. The van der Waals surface area contributed by atoms with Crippen molar-refractivity contribution in [2.24, 2.45) is 5.92 Å². The van der Waals surface area contributed by atoms with Crippen molar-refractivity contribution in [1.82, 2.24) is 5.32 Å². The number of hydrogen-bond acceptors (Lipinski definition) is 2. The Morgan fingerprint density at radius 1 is 1.33 bits per heavy atom. The van der Waals surface area contributed by atoms with Gasteiger partial charge in [-0.3, -0.25) is 4.79 Å². The molecule has 0 saturated heterocycles. The van der Waals surface area contributed by atoms with Gasteiger partial charge in [0.25, 0.3) is 0 Å². The van der Waals surface area contributed by atoms with E-state index in [9.17, 15) is 4.79 Å². The average molecular weight is 335 g/mol. The molecule has 0 aromatic rings. The van der Waals surface area contributed by atoms with Gasteiger partial charge in [-0.15, -0.1) is 0 Å². The molecule has 0 spiro atoms. The summed E-state index contributed by atoms with van der Waals surface area (Å²) >= 11 is 6.59. The zero-order valence-corrected chi connectivity index (χ0v) is 11.4. The van der Waals surface area contributed by atoms with Gasteiger partial charge in [-0.1, -0.05) is 44.0 Å². The van der Waals surface area contributed by atoms with Crippen molar-refractivity contribution in [2.75, 3.05) is 10.7 Å². The van der Waals surface area contributed by atoms with Gasteiger partial charge >= 0.3 is 0 Å². The van der Waals surface area contributed by atoms with E-state index < -0.39 is 0 Å². The molecule has 0 amide bonds. The number of carbonyl (C=O) groups excluding carboxylic acids is 1. The fraction of sp³-hybridized carbons (Fsp3) is 0.364. The Bertz CT molecular complexity index is 308. The lowest BCUT2D eigenvalue weighted by Gasteiger charge is -2.16. The molecule has 4 heteroatoms. The predicted molar refractivity (Wildman–Crippen MR) is 70.2 cm³/mol. The number of nitrogens with one attached hydrogen (secondary N) is 1. The maximum atomic E-state index is 11.7. The molecule has 1 rings (SSSR count). The number of rotatable bonds is 5. The molecular weight excluding hydrogens is 322 g/mol. The van der Waals surface area contributed by atoms with E-state index in [1.165, 1.54) is 0 Å². The van der Waals surface area contributed by atoms with Crippen LogP contribution in [0.1, 0.15) is 6.42 Å². The molecule has 82 valence electrons. The monoisotopic (exact) mass is 333 g/mol. The Morgan fingerprint density at radius 3 is 2.80 bits per heavy atom. The first-order chi connectivity index (χ1) is 7.29. The molecule has 0 radical (unpaired) electrons. The fourth-order valence-corrected chi connectivity index (χ4v) is 2.23. The van der Waals surface area contributed by atoms with Gasteiger partial charge in [0.15, 0.2) is 5.78 Å². The summed E-state index contributed by atoms with van der Waals surface area (Å²) < 4.78 is 0. The third-order valence-corrected chi connectivity index (χ3v) is 3.15. The molecule has 1 heterocycles. The molecule has 1 unspecified atom stereocenters. The Balaban J connectivity index is 2.78. The van der Waals surface area contributed by atoms with Crippen molar-refractivity contribution in [3.05, 3.63) is 36.2 Å². The van der Waals surface area contributed by atoms with Crippen LogP contribution in [-0.2, 0) is 4.79 Å². The van der Waals surface area contributed by atoms with Gasteiger partial charge in [0.05, 0.1) is 11.2 Å². The van der Waals surface area contributed by atoms with Gasteiger partial charge in [0, 0.05) is 17.2 Å². The zero-order chi connectivity index (χ0) is 11.1. The molecular formula is C11H13Br2NO. The molecule has 1 N–H and O–H groups in total. The number of hydrogen-bond donors (Lipinski definition) is 1. The smallest absolute Gasteiger partial charge is 0.152 e. The van der Waals surface area contributed by atoms with Crippen LogP contribution in [0.25, 0.3) is 0 Å². The van der Waals surface area contributed by atoms with Gasteiger partial charge in [-0.25, -0.2) is 0 Å². The Morgan fingerprint density at radius 2 is 2.13 bits per heavy atom. The van der Waals surface area contributed by atoms with E-state index in [2.05, 4.69) is 37.2 Å². The van der Waals surface area contributed by atoms with Crippen LogP contribution in [0.3, 0.4) is 0 Å². The lowest BCUT2D eigenvalue weighted by molar-refractivity contribution is -0.119. The van der Waals surface area contributed by atoms with Crippen molar-refractivity contribution in [3.8, 4) is 0 Å². The summed E-state index contributed by atoms with van der Waals surface area (Å²) in [5, 5.41) is 4.36. The quantitative estimate of drug-likeness (QED) is 0.783.